The topological polar surface area (TPSA) is 52.3 Å². The zero-order chi connectivity index (χ0) is 13.7. The summed E-state index contributed by atoms with van der Waals surface area (Å²) in [7, 11) is 1.65. The van der Waals surface area contributed by atoms with Crippen molar-refractivity contribution in [1.82, 2.24) is 14.9 Å². The Kier molecular flexibility index (Phi) is 4.57. The Balaban J connectivity index is 2.28. The Morgan fingerprint density at radius 1 is 1.42 bits per heavy atom. The maximum absolute atomic E-state index is 5.18. The van der Waals surface area contributed by atoms with Crippen molar-refractivity contribution in [2.45, 2.75) is 18.5 Å². The lowest BCUT2D eigenvalue weighted by Crippen LogP contribution is -1.98. The van der Waals surface area contributed by atoms with Crippen molar-refractivity contribution in [1.29, 1.82) is 0 Å². The smallest absolute Gasteiger partial charge is 0.211 e. The predicted octanol–water partition coefficient (Wildman–Crippen LogP) is 2.45. The zero-order valence-corrected chi connectivity index (χ0v) is 12.0. The van der Waals surface area contributed by atoms with Gasteiger partial charge < -0.3 is 4.74 Å². The fourth-order valence-corrected chi connectivity index (χ4v) is 2.05. The first-order valence-electron chi connectivity index (χ1n) is 5.95. The second-order valence-corrected chi connectivity index (χ2v) is 4.56. The largest absolute Gasteiger partial charge is 0.497 e. The molecule has 6 heteroatoms. The van der Waals surface area contributed by atoms with Crippen molar-refractivity contribution in [2.75, 3.05) is 13.4 Å². The highest BCUT2D eigenvalue weighted by Gasteiger charge is 2.07. The number of methoxy groups -OCH3 is 1. The molecule has 0 aliphatic carbocycles. The molecule has 1 heterocycles. The van der Waals surface area contributed by atoms with Crippen molar-refractivity contribution in [3.05, 3.63) is 35.7 Å². The van der Waals surface area contributed by atoms with E-state index < -0.39 is 0 Å². The molecule has 100 valence electrons. The Labute approximate surface area is 116 Å². The van der Waals surface area contributed by atoms with Crippen LogP contribution in [0.1, 0.15) is 18.3 Å². The molecule has 0 aliphatic heterocycles. The average Bonchev–Trinajstić information content (AvgIpc) is 2.87. The van der Waals surface area contributed by atoms with Crippen molar-refractivity contribution >= 4 is 18.0 Å². The molecule has 0 saturated heterocycles. The number of hydrogen-bond acceptors (Lipinski definition) is 5. The van der Waals surface area contributed by atoms with E-state index in [1.54, 1.807) is 18.0 Å². The molecular weight excluding hydrogens is 260 g/mol. The lowest BCUT2D eigenvalue weighted by atomic mass is 10.2. The van der Waals surface area contributed by atoms with Gasteiger partial charge in [-0.2, -0.15) is 9.78 Å². The van der Waals surface area contributed by atoms with Gasteiger partial charge in [0.25, 0.3) is 0 Å². The number of benzene rings is 1. The molecule has 0 N–H and O–H groups in total. The second kappa shape index (κ2) is 6.38. The van der Waals surface area contributed by atoms with Crippen LogP contribution in [0.25, 0.3) is 0 Å². The van der Waals surface area contributed by atoms with Crippen LogP contribution >= 0.6 is 11.8 Å². The molecule has 0 saturated carbocycles. The number of rotatable bonds is 5. The third-order valence-corrected chi connectivity index (χ3v) is 3.21. The van der Waals surface area contributed by atoms with Gasteiger partial charge in [0.1, 0.15) is 5.75 Å². The van der Waals surface area contributed by atoms with E-state index in [9.17, 15) is 0 Å². The molecule has 0 spiro atoms. The maximum Gasteiger partial charge on any atom is 0.211 e. The van der Waals surface area contributed by atoms with E-state index in [2.05, 4.69) is 15.3 Å². The average molecular weight is 276 g/mol. The molecule has 1 aromatic carbocycles. The van der Waals surface area contributed by atoms with E-state index in [1.165, 1.54) is 11.8 Å². The van der Waals surface area contributed by atoms with Gasteiger partial charge in [0.2, 0.25) is 5.16 Å². The van der Waals surface area contributed by atoms with Crippen LogP contribution in [-0.2, 0) is 6.42 Å². The summed E-state index contributed by atoms with van der Waals surface area (Å²) in [5, 5.41) is 13.4. The predicted molar refractivity (Wildman–Crippen MR) is 77.2 cm³/mol. The van der Waals surface area contributed by atoms with Crippen LogP contribution < -0.4 is 4.74 Å². The Hall–Kier alpha value is -1.82. The Bertz CT molecular complexity index is 558. The number of aryl methyl sites for hydroxylation is 1. The van der Waals surface area contributed by atoms with Crippen LogP contribution in [-0.4, -0.2) is 34.5 Å². The van der Waals surface area contributed by atoms with Gasteiger partial charge in [-0.05, 0) is 24.0 Å². The fourth-order valence-electron chi connectivity index (χ4n) is 1.61. The highest BCUT2D eigenvalue weighted by atomic mass is 32.2. The van der Waals surface area contributed by atoms with Gasteiger partial charge in [-0.15, -0.1) is 10.2 Å². The van der Waals surface area contributed by atoms with Crippen molar-refractivity contribution < 1.29 is 4.74 Å². The summed E-state index contributed by atoms with van der Waals surface area (Å²) >= 11 is 1.53. The molecule has 1 aromatic heterocycles. The molecule has 0 fully saturated rings. The highest BCUT2D eigenvalue weighted by molar-refractivity contribution is 7.98. The first-order chi connectivity index (χ1) is 9.28. The van der Waals surface area contributed by atoms with Crippen molar-refractivity contribution in [2.24, 2.45) is 5.10 Å². The van der Waals surface area contributed by atoms with Crippen molar-refractivity contribution in [3.8, 4) is 5.75 Å². The van der Waals surface area contributed by atoms with E-state index in [4.69, 9.17) is 4.74 Å². The van der Waals surface area contributed by atoms with E-state index >= 15 is 0 Å². The molecule has 2 aromatic rings. The summed E-state index contributed by atoms with van der Waals surface area (Å²) in [5.74, 6) is 1.66. The molecule has 5 nitrogen and oxygen atoms in total. The summed E-state index contributed by atoms with van der Waals surface area (Å²) < 4.78 is 6.95. The SMILES string of the molecule is CCc1nnc(SC)n1/N=C\c1cccc(OC)c1. The van der Waals surface area contributed by atoms with E-state index in [-0.39, 0.29) is 0 Å². The van der Waals surface area contributed by atoms with Crippen molar-refractivity contribution in [3.63, 3.8) is 0 Å². The number of ether oxygens (including phenoxy) is 1. The third kappa shape index (κ3) is 3.14. The number of hydrogen-bond donors (Lipinski definition) is 0. The second-order valence-electron chi connectivity index (χ2n) is 3.79. The minimum Gasteiger partial charge on any atom is -0.497 e. The Morgan fingerprint density at radius 3 is 2.95 bits per heavy atom. The van der Waals surface area contributed by atoms with Crippen LogP contribution in [0.3, 0.4) is 0 Å². The van der Waals surface area contributed by atoms with E-state index in [0.29, 0.717) is 0 Å². The Morgan fingerprint density at radius 2 is 2.26 bits per heavy atom. The standard InChI is InChI=1S/C13H16N4OS/c1-4-12-15-16-13(19-3)17(12)14-9-10-6-5-7-11(8-10)18-2/h5-9H,4H2,1-3H3/b14-9-. The van der Waals surface area contributed by atoms with Gasteiger partial charge in [0.15, 0.2) is 5.82 Å². The third-order valence-electron chi connectivity index (χ3n) is 2.59. The van der Waals surface area contributed by atoms with Crippen LogP contribution in [0, 0.1) is 0 Å². The summed E-state index contributed by atoms with van der Waals surface area (Å²) in [4.78, 5) is 0. The normalized spacial score (nSPS) is 11.1. The minimum atomic E-state index is 0.788. The van der Waals surface area contributed by atoms with Crippen LogP contribution in [0.4, 0.5) is 0 Å². The number of nitrogens with zero attached hydrogens (tertiary/aromatic N) is 4. The lowest BCUT2D eigenvalue weighted by molar-refractivity contribution is 0.414. The lowest BCUT2D eigenvalue weighted by Gasteiger charge is -2.02. The van der Waals surface area contributed by atoms with Crippen LogP contribution in [0.5, 0.6) is 5.75 Å². The minimum absolute atomic E-state index is 0.788. The summed E-state index contributed by atoms with van der Waals surface area (Å²) in [6.45, 7) is 2.03. The summed E-state index contributed by atoms with van der Waals surface area (Å²) in [6, 6.07) is 7.74. The molecule has 19 heavy (non-hydrogen) atoms. The molecule has 0 aliphatic rings. The van der Waals surface area contributed by atoms with E-state index in [0.717, 1.165) is 28.7 Å². The van der Waals surface area contributed by atoms with E-state index in [1.807, 2.05) is 37.4 Å². The molecule has 2 rings (SSSR count). The number of aromatic nitrogens is 3. The monoisotopic (exact) mass is 276 g/mol. The van der Waals surface area contributed by atoms with Gasteiger partial charge in [-0.1, -0.05) is 30.8 Å². The van der Waals surface area contributed by atoms with Gasteiger partial charge in [-0.25, -0.2) is 0 Å². The highest BCUT2D eigenvalue weighted by Crippen LogP contribution is 2.15. The summed E-state index contributed by atoms with van der Waals surface area (Å²) in [5.41, 5.74) is 0.974. The zero-order valence-electron chi connectivity index (χ0n) is 11.2. The number of thioether (sulfide) groups is 1. The first kappa shape index (κ1) is 13.6. The fraction of sp³-hybridized carbons (Fsp3) is 0.308. The summed E-state index contributed by atoms with van der Waals surface area (Å²) in [6.07, 6.45) is 4.54. The quantitative estimate of drug-likeness (QED) is 0.622. The molecule has 0 amide bonds. The van der Waals surface area contributed by atoms with Gasteiger partial charge in [0, 0.05) is 6.42 Å². The van der Waals surface area contributed by atoms with Gasteiger partial charge >= 0.3 is 0 Å². The van der Waals surface area contributed by atoms with Crippen LogP contribution in [0.2, 0.25) is 0 Å². The maximum atomic E-state index is 5.18. The molecule has 0 bridgehead atoms. The molecule has 0 radical (unpaired) electrons. The van der Waals surface area contributed by atoms with Gasteiger partial charge in [0.05, 0.1) is 13.3 Å². The van der Waals surface area contributed by atoms with Crippen LogP contribution in [0.15, 0.2) is 34.5 Å². The molecule has 0 atom stereocenters. The van der Waals surface area contributed by atoms with Gasteiger partial charge in [-0.3, -0.25) is 0 Å². The molecule has 0 unspecified atom stereocenters. The molecular formula is C13H16N4OS. The first-order valence-corrected chi connectivity index (χ1v) is 7.17.